The molecule has 0 amide bonds. The van der Waals surface area contributed by atoms with Crippen molar-refractivity contribution in [2.75, 3.05) is 13.6 Å². The standard InChI is InChI=1S/C10H23N3O2S/c1-8(2)10(11)6-7-13(3)16(14,15)12-9-4-5-9/h8-10,12H,4-7,11H2,1-3H3. The Morgan fingerprint density at radius 2 is 2.00 bits per heavy atom. The van der Waals surface area contributed by atoms with E-state index in [-0.39, 0.29) is 12.1 Å². The fraction of sp³-hybridized carbons (Fsp3) is 1.00. The molecule has 1 atom stereocenters. The van der Waals surface area contributed by atoms with Crippen LogP contribution in [0.1, 0.15) is 33.1 Å². The van der Waals surface area contributed by atoms with Crippen molar-refractivity contribution in [2.45, 2.75) is 45.2 Å². The van der Waals surface area contributed by atoms with Gasteiger partial charge in [-0.3, -0.25) is 0 Å². The van der Waals surface area contributed by atoms with Crippen molar-refractivity contribution < 1.29 is 8.42 Å². The minimum absolute atomic E-state index is 0.0542. The molecule has 0 saturated heterocycles. The molecule has 6 heteroatoms. The third kappa shape index (κ3) is 4.37. The average molecular weight is 249 g/mol. The van der Waals surface area contributed by atoms with E-state index in [4.69, 9.17) is 5.73 Å². The van der Waals surface area contributed by atoms with Gasteiger partial charge in [0.2, 0.25) is 0 Å². The predicted molar refractivity (Wildman–Crippen MR) is 65.1 cm³/mol. The Balaban J connectivity index is 2.35. The Labute approximate surface area is 98.6 Å². The van der Waals surface area contributed by atoms with Gasteiger partial charge < -0.3 is 5.73 Å². The topological polar surface area (TPSA) is 75.4 Å². The van der Waals surface area contributed by atoms with E-state index in [1.807, 2.05) is 13.8 Å². The van der Waals surface area contributed by atoms with Crippen LogP contribution >= 0.6 is 0 Å². The summed E-state index contributed by atoms with van der Waals surface area (Å²) in [5.74, 6) is 0.382. The molecule has 0 heterocycles. The third-order valence-electron chi connectivity index (χ3n) is 2.94. The molecule has 0 aliphatic heterocycles. The predicted octanol–water partition coefficient (Wildman–Crippen LogP) is 0.288. The number of hydrogen-bond acceptors (Lipinski definition) is 3. The number of rotatable bonds is 7. The van der Waals surface area contributed by atoms with E-state index in [0.717, 1.165) is 12.8 Å². The molecule has 96 valence electrons. The molecule has 1 saturated carbocycles. The molecule has 5 nitrogen and oxygen atoms in total. The van der Waals surface area contributed by atoms with Crippen LogP contribution in [0.5, 0.6) is 0 Å². The zero-order chi connectivity index (χ0) is 12.3. The summed E-state index contributed by atoms with van der Waals surface area (Å²) in [6.45, 7) is 4.56. The fourth-order valence-corrected chi connectivity index (χ4v) is 2.47. The molecule has 1 unspecified atom stereocenters. The smallest absolute Gasteiger partial charge is 0.279 e. The second-order valence-electron chi connectivity index (χ2n) is 4.92. The van der Waals surface area contributed by atoms with Crippen LogP contribution in [0.2, 0.25) is 0 Å². The molecule has 0 spiro atoms. The van der Waals surface area contributed by atoms with Gasteiger partial charge >= 0.3 is 0 Å². The summed E-state index contributed by atoms with van der Waals surface area (Å²) in [5.41, 5.74) is 5.88. The van der Waals surface area contributed by atoms with Crippen molar-refractivity contribution in [3.63, 3.8) is 0 Å². The van der Waals surface area contributed by atoms with Gasteiger partial charge in [0.1, 0.15) is 0 Å². The highest BCUT2D eigenvalue weighted by atomic mass is 32.2. The molecule has 0 aromatic heterocycles. The Bertz CT molecular complexity index is 312. The summed E-state index contributed by atoms with van der Waals surface area (Å²) in [4.78, 5) is 0. The van der Waals surface area contributed by atoms with Gasteiger partial charge in [-0.05, 0) is 25.2 Å². The Kier molecular flexibility index (Phi) is 4.73. The monoisotopic (exact) mass is 249 g/mol. The van der Waals surface area contributed by atoms with E-state index in [9.17, 15) is 8.42 Å². The van der Waals surface area contributed by atoms with E-state index in [1.165, 1.54) is 4.31 Å². The van der Waals surface area contributed by atoms with Crippen molar-refractivity contribution in [3.8, 4) is 0 Å². The highest BCUT2D eigenvalue weighted by Crippen LogP contribution is 2.20. The highest BCUT2D eigenvalue weighted by molar-refractivity contribution is 7.87. The van der Waals surface area contributed by atoms with Crippen LogP contribution in [-0.4, -0.2) is 38.4 Å². The lowest BCUT2D eigenvalue weighted by atomic mass is 10.0. The second-order valence-corrected chi connectivity index (χ2v) is 6.72. The van der Waals surface area contributed by atoms with Gasteiger partial charge in [-0.25, -0.2) is 0 Å². The number of nitrogens with one attached hydrogen (secondary N) is 1. The van der Waals surface area contributed by atoms with E-state index < -0.39 is 10.2 Å². The summed E-state index contributed by atoms with van der Waals surface area (Å²) < 4.78 is 27.5. The molecule has 1 aliphatic rings. The van der Waals surface area contributed by atoms with E-state index >= 15 is 0 Å². The lowest BCUT2D eigenvalue weighted by molar-refractivity contribution is 0.393. The summed E-state index contributed by atoms with van der Waals surface area (Å²) in [5, 5.41) is 0. The summed E-state index contributed by atoms with van der Waals surface area (Å²) in [6.07, 6.45) is 2.61. The van der Waals surface area contributed by atoms with Crippen molar-refractivity contribution in [3.05, 3.63) is 0 Å². The molecule has 3 N–H and O–H groups in total. The number of nitrogens with two attached hydrogens (primary N) is 1. The lowest BCUT2D eigenvalue weighted by Gasteiger charge is -2.21. The number of nitrogens with zero attached hydrogens (tertiary/aromatic N) is 1. The van der Waals surface area contributed by atoms with Gasteiger partial charge in [0.05, 0.1) is 0 Å². The largest absolute Gasteiger partial charge is 0.327 e. The fourth-order valence-electron chi connectivity index (χ4n) is 1.29. The minimum Gasteiger partial charge on any atom is -0.327 e. The first-order valence-corrected chi connectivity index (χ1v) is 7.26. The van der Waals surface area contributed by atoms with Crippen molar-refractivity contribution >= 4 is 10.2 Å². The van der Waals surface area contributed by atoms with E-state index in [1.54, 1.807) is 7.05 Å². The SMILES string of the molecule is CC(C)C(N)CCN(C)S(=O)(=O)NC1CC1. The normalized spacial score (nSPS) is 19.4. The number of hydrogen-bond donors (Lipinski definition) is 2. The van der Waals surface area contributed by atoms with Gasteiger partial charge in [-0.1, -0.05) is 13.8 Å². The van der Waals surface area contributed by atoms with Crippen LogP contribution < -0.4 is 10.5 Å². The van der Waals surface area contributed by atoms with E-state index in [0.29, 0.717) is 18.9 Å². The first-order chi connectivity index (χ1) is 7.33. The first-order valence-electron chi connectivity index (χ1n) is 5.82. The molecule has 1 fully saturated rings. The van der Waals surface area contributed by atoms with Crippen LogP contribution in [0, 0.1) is 5.92 Å². The van der Waals surface area contributed by atoms with Crippen LogP contribution in [0.3, 0.4) is 0 Å². The first kappa shape index (κ1) is 13.9. The molecular weight excluding hydrogens is 226 g/mol. The van der Waals surface area contributed by atoms with Crippen LogP contribution in [-0.2, 0) is 10.2 Å². The highest BCUT2D eigenvalue weighted by Gasteiger charge is 2.29. The molecule has 1 rings (SSSR count). The zero-order valence-corrected chi connectivity index (χ0v) is 11.1. The van der Waals surface area contributed by atoms with Crippen molar-refractivity contribution in [1.82, 2.24) is 9.03 Å². The maximum atomic E-state index is 11.7. The van der Waals surface area contributed by atoms with E-state index in [2.05, 4.69) is 4.72 Å². The molecule has 0 aromatic rings. The minimum atomic E-state index is -3.29. The van der Waals surface area contributed by atoms with Crippen molar-refractivity contribution in [1.29, 1.82) is 0 Å². The van der Waals surface area contributed by atoms with Gasteiger partial charge in [-0.15, -0.1) is 0 Å². The van der Waals surface area contributed by atoms with Crippen LogP contribution in [0.25, 0.3) is 0 Å². The lowest BCUT2D eigenvalue weighted by Crippen LogP contribution is -2.41. The maximum absolute atomic E-state index is 11.7. The quantitative estimate of drug-likeness (QED) is 0.681. The molecular formula is C10H23N3O2S. The Morgan fingerprint density at radius 3 is 2.44 bits per heavy atom. The average Bonchev–Trinajstić information content (AvgIpc) is 2.96. The molecule has 0 radical (unpaired) electrons. The zero-order valence-electron chi connectivity index (χ0n) is 10.3. The molecule has 1 aliphatic carbocycles. The van der Waals surface area contributed by atoms with Gasteiger partial charge in [0.25, 0.3) is 10.2 Å². The Morgan fingerprint density at radius 1 is 1.44 bits per heavy atom. The van der Waals surface area contributed by atoms with Gasteiger partial charge in [0.15, 0.2) is 0 Å². The van der Waals surface area contributed by atoms with Crippen LogP contribution in [0.15, 0.2) is 0 Å². The van der Waals surface area contributed by atoms with Crippen LogP contribution in [0.4, 0.5) is 0 Å². The molecule has 0 aromatic carbocycles. The maximum Gasteiger partial charge on any atom is 0.279 e. The summed E-state index contributed by atoms with van der Waals surface area (Å²) >= 11 is 0. The summed E-state index contributed by atoms with van der Waals surface area (Å²) in [7, 11) is -1.70. The second kappa shape index (κ2) is 5.44. The van der Waals surface area contributed by atoms with Gasteiger partial charge in [-0.2, -0.15) is 17.4 Å². The van der Waals surface area contributed by atoms with Gasteiger partial charge in [0, 0.05) is 25.7 Å². The molecule has 0 bridgehead atoms. The third-order valence-corrected chi connectivity index (χ3v) is 4.57. The molecule has 16 heavy (non-hydrogen) atoms. The summed E-state index contributed by atoms with van der Waals surface area (Å²) in [6, 6.07) is 0.213. The Hall–Kier alpha value is -0.170. The van der Waals surface area contributed by atoms with Crippen molar-refractivity contribution in [2.24, 2.45) is 11.7 Å².